The van der Waals surface area contributed by atoms with Gasteiger partial charge in [0.2, 0.25) is 5.91 Å². The molecule has 6 nitrogen and oxygen atoms in total. The van der Waals surface area contributed by atoms with Crippen LogP contribution in [0.5, 0.6) is 0 Å². The molecule has 2 atom stereocenters. The highest BCUT2D eigenvalue weighted by atomic mass is 16.3. The second-order valence-electron chi connectivity index (χ2n) is 6.34. The minimum absolute atomic E-state index is 0.118. The molecule has 6 heteroatoms. The lowest BCUT2D eigenvalue weighted by atomic mass is 9.91. The van der Waals surface area contributed by atoms with Crippen molar-refractivity contribution in [1.29, 1.82) is 0 Å². The summed E-state index contributed by atoms with van der Waals surface area (Å²) in [5, 5.41) is 2.67. The Hall–Kier alpha value is -1.82. The number of carbonyl (C=O) groups is 2. The molecule has 1 aromatic rings. The van der Waals surface area contributed by atoms with Crippen molar-refractivity contribution in [2.75, 3.05) is 26.2 Å². The van der Waals surface area contributed by atoms with Crippen LogP contribution in [0.3, 0.4) is 0 Å². The van der Waals surface area contributed by atoms with E-state index in [0.29, 0.717) is 19.0 Å². The lowest BCUT2D eigenvalue weighted by Gasteiger charge is -2.37. The van der Waals surface area contributed by atoms with E-state index in [9.17, 15) is 9.59 Å². The van der Waals surface area contributed by atoms with Gasteiger partial charge < -0.3 is 9.73 Å². The highest BCUT2D eigenvalue weighted by Gasteiger charge is 2.34. The molecule has 22 heavy (non-hydrogen) atoms. The largest absolute Gasteiger partial charge is 0.465 e. The van der Waals surface area contributed by atoms with Gasteiger partial charge in [0.05, 0.1) is 12.6 Å². The fourth-order valence-electron chi connectivity index (χ4n) is 3.28. The number of imide groups is 1. The van der Waals surface area contributed by atoms with Crippen molar-refractivity contribution in [3.8, 4) is 0 Å². The van der Waals surface area contributed by atoms with Crippen molar-refractivity contribution in [1.82, 2.24) is 15.1 Å². The van der Waals surface area contributed by atoms with Crippen LogP contribution in [-0.2, 0) is 4.79 Å². The van der Waals surface area contributed by atoms with Crippen molar-refractivity contribution in [2.45, 2.75) is 32.7 Å². The van der Waals surface area contributed by atoms with Crippen LogP contribution >= 0.6 is 0 Å². The molecule has 0 spiro atoms. The summed E-state index contributed by atoms with van der Waals surface area (Å²) in [5.74, 6) is 2.29. The predicted molar refractivity (Wildman–Crippen MR) is 81.3 cm³/mol. The van der Waals surface area contributed by atoms with E-state index in [1.165, 1.54) is 4.90 Å². The third-order valence-electron chi connectivity index (χ3n) is 4.56. The van der Waals surface area contributed by atoms with Crippen LogP contribution in [0.15, 0.2) is 16.5 Å². The molecule has 2 fully saturated rings. The number of rotatable bonds is 3. The number of amides is 3. The van der Waals surface area contributed by atoms with E-state index in [4.69, 9.17) is 4.42 Å². The molecule has 0 radical (unpaired) electrons. The van der Waals surface area contributed by atoms with Crippen LogP contribution in [0.4, 0.5) is 4.79 Å². The number of hydrogen-bond acceptors (Lipinski definition) is 4. The van der Waals surface area contributed by atoms with Gasteiger partial charge in [-0.3, -0.25) is 14.6 Å². The smallest absolute Gasteiger partial charge is 0.324 e. The molecule has 2 aliphatic rings. The first-order chi connectivity index (χ1) is 10.5. The first-order valence-corrected chi connectivity index (χ1v) is 7.93. The number of hydrogen-bond donors (Lipinski definition) is 1. The summed E-state index contributed by atoms with van der Waals surface area (Å²) in [6.45, 7) is 6.29. The molecule has 0 aliphatic carbocycles. The van der Waals surface area contributed by atoms with Crippen LogP contribution in [0.1, 0.15) is 37.3 Å². The predicted octanol–water partition coefficient (Wildman–Crippen LogP) is 1.91. The van der Waals surface area contributed by atoms with Crippen molar-refractivity contribution >= 4 is 11.9 Å². The maximum atomic E-state index is 12.4. The van der Waals surface area contributed by atoms with Crippen molar-refractivity contribution in [3.63, 3.8) is 0 Å². The molecule has 2 saturated heterocycles. The summed E-state index contributed by atoms with van der Waals surface area (Å²) in [6, 6.07) is 3.80. The number of nitrogens with zero attached hydrogens (tertiary/aromatic N) is 2. The molecule has 0 aromatic carbocycles. The van der Waals surface area contributed by atoms with Gasteiger partial charge in [-0.15, -0.1) is 0 Å². The second-order valence-corrected chi connectivity index (χ2v) is 6.34. The van der Waals surface area contributed by atoms with Gasteiger partial charge in [-0.1, -0.05) is 6.92 Å². The van der Waals surface area contributed by atoms with Gasteiger partial charge in [-0.25, -0.2) is 4.79 Å². The number of nitrogens with one attached hydrogen (secondary N) is 1. The molecular weight excluding hydrogens is 282 g/mol. The van der Waals surface area contributed by atoms with E-state index in [1.807, 2.05) is 19.1 Å². The van der Waals surface area contributed by atoms with Gasteiger partial charge in [0, 0.05) is 13.1 Å². The normalized spacial score (nSPS) is 26.3. The summed E-state index contributed by atoms with van der Waals surface area (Å²) >= 11 is 0. The summed E-state index contributed by atoms with van der Waals surface area (Å²) in [4.78, 5) is 27.5. The zero-order valence-corrected chi connectivity index (χ0v) is 13.2. The van der Waals surface area contributed by atoms with E-state index in [1.54, 1.807) is 0 Å². The third kappa shape index (κ3) is 3.02. The summed E-state index contributed by atoms with van der Waals surface area (Å²) in [5.41, 5.74) is 0. The molecule has 3 amide bonds. The van der Waals surface area contributed by atoms with E-state index < -0.39 is 0 Å². The Kier molecular flexibility index (Phi) is 4.20. The summed E-state index contributed by atoms with van der Waals surface area (Å²) in [7, 11) is 0. The SMILES string of the molecule is Cc1ccc(C2CC(C)CCN2CC(=O)N2CCNC2=O)o1. The first-order valence-electron chi connectivity index (χ1n) is 7.93. The number of aryl methyl sites for hydroxylation is 1. The highest BCUT2D eigenvalue weighted by molar-refractivity contribution is 5.96. The third-order valence-corrected chi connectivity index (χ3v) is 4.56. The lowest BCUT2D eigenvalue weighted by molar-refractivity contribution is -0.130. The van der Waals surface area contributed by atoms with Gasteiger partial charge in [0.25, 0.3) is 0 Å². The second kappa shape index (κ2) is 6.12. The number of furan rings is 1. The van der Waals surface area contributed by atoms with Gasteiger partial charge in [0.15, 0.2) is 0 Å². The highest BCUT2D eigenvalue weighted by Crippen LogP contribution is 2.34. The lowest BCUT2D eigenvalue weighted by Crippen LogP contribution is -2.45. The van der Waals surface area contributed by atoms with Crippen LogP contribution in [0.25, 0.3) is 0 Å². The first kappa shape index (κ1) is 15.1. The Morgan fingerprint density at radius 2 is 2.23 bits per heavy atom. The fourth-order valence-corrected chi connectivity index (χ4v) is 3.28. The molecule has 120 valence electrons. The topological polar surface area (TPSA) is 65.8 Å². The maximum absolute atomic E-state index is 12.4. The Labute approximate surface area is 130 Å². The van der Waals surface area contributed by atoms with Gasteiger partial charge in [-0.05, 0) is 44.4 Å². The van der Waals surface area contributed by atoms with Gasteiger partial charge in [0.1, 0.15) is 11.5 Å². The minimum Gasteiger partial charge on any atom is -0.465 e. The molecule has 1 N–H and O–H groups in total. The number of likely N-dealkylation sites (tertiary alicyclic amines) is 1. The molecule has 2 aliphatic heterocycles. The standard InChI is InChI=1S/C16H23N3O3/c1-11-5-7-18(10-15(20)19-8-6-17-16(19)21)13(9-11)14-4-3-12(2)22-14/h3-4,11,13H,5-10H2,1-2H3,(H,17,21). The van der Waals surface area contributed by atoms with Crippen LogP contribution in [0, 0.1) is 12.8 Å². The molecule has 3 rings (SSSR count). The Bertz CT molecular complexity index is 569. The van der Waals surface area contributed by atoms with E-state index in [0.717, 1.165) is 30.9 Å². The van der Waals surface area contributed by atoms with Gasteiger partial charge >= 0.3 is 6.03 Å². The summed E-state index contributed by atoms with van der Waals surface area (Å²) in [6.07, 6.45) is 2.04. The fraction of sp³-hybridized carbons (Fsp3) is 0.625. The van der Waals surface area contributed by atoms with E-state index in [2.05, 4.69) is 17.1 Å². The zero-order chi connectivity index (χ0) is 15.7. The van der Waals surface area contributed by atoms with E-state index >= 15 is 0 Å². The number of carbonyl (C=O) groups excluding carboxylic acids is 2. The van der Waals surface area contributed by atoms with Crippen molar-refractivity contribution in [3.05, 3.63) is 23.7 Å². The Balaban J connectivity index is 1.72. The minimum atomic E-state index is -0.277. The molecule has 1 aromatic heterocycles. The van der Waals surface area contributed by atoms with Crippen LogP contribution in [-0.4, -0.2) is 47.9 Å². The number of piperidine rings is 1. The monoisotopic (exact) mass is 305 g/mol. The quantitative estimate of drug-likeness (QED) is 0.926. The Morgan fingerprint density at radius 1 is 1.41 bits per heavy atom. The zero-order valence-electron chi connectivity index (χ0n) is 13.2. The average molecular weight is 305 g/mol. The molecule has 2 unspecified atom stereocenters. The van der Waals surface area contributed by atoms with Crippen LogP contribution in [0.2, 0.25) is 0 Å². The molecular formula is C16H23N3O3. The summed E-state index contributed by atoms with van der Waals surface area (Å²) < 4.78 is 5.78. The van der Waals surface area contributed by atoms with Crippen molar-refractivity contribution in [2.24, 2.45) is 5.92 Å². The van der Waals surface area contributed by atoms with E-state index in [-0.39, 0.29) is 24.5 Å². The maximum Gasteiger partial charge on any atom is 0.324 e. The Morgan fingerprint density at radius 3 is 2.86 bits per heavy atom. The molecule has 0 saturated carbocycles. The molecule has 3 heterocycles. The van der Waals surface area contributed by atoms with Gasteiger partial charge in [-0.2, -0.15) is 0 Å². The van der Waals surface area contributed by atoms with Crippen molar-refractivity contribution < 1.29 is 14.0 Å². The molecule has 0 bridgehead atoms. The van der Waals surface area contributed by atoms with Crippen LogP contribution < -0.4 is 5.32 Å². The number of urea groups is 1. The average Bonchev–Trinajstić information content (AvgIpc) is 3.09.